The molecule has 0 bridgehead atoms. The lowest BCUT2D eigenvalue weighted by Gasteiger charge is -2.39. The quantitative estimate of drug-likeness (QED) is 0.379. The third-order valence-electron chi connectivity index (χ3n) is 3.91. The number of hydrogen-bond donors (Lipinski definition) is 5. The second-order valence-corrected chi connectivity index (χ2v) is 6.16. The molecule has 1 rings (SSSR count). The molecule has 0 amide bonds. The summed E-state index contributed by atoms with van der Waals surface area (Å²) in [7, 11) is 0. The molecule has 1 aliphatic rings. The Kier molecular flexibility index (Phi) is 7.82. The SMILES string of the molecule is C=C[C@@](C)(O)CC/C=C(/C)CO[C@H]1O[C@H](CO)[C@@H](O)[C@H](O)[C@H]1O. The summed E-state index contributed by atoms with van der Waals surface area (Å²) in [6.07, 6.45) is -1.83. The molecule has 1 fully saturated rings. The van der Waals surface area contributed by atoms with Crippen LogP contribution in [0.15, 0.2) is 24.3 Å². The largest absolute Gasteiger partial charge is 0.394 e. The molecule has 1 saturated heterocycles. The minimum atomic E-state index is -1.45. The first-order valence-corrected chi connectivity index (χ1v) is 7.65. The molecule has 23 heavy (non-hydrogen) atoms. The summed E-state index contributed by atoms with van der Waals surface area (Å²) in [5, 5.41) is 48.1. The zero-order chi connectivity index (χ0) is 17.6. The van der Waals surface area contributed by atoms with Crippen LogP contribution in [0.4, 0.5) is 0 Å². The zero-order valence-corrected chi connectivity index (χ0v) is 13.6. The smallest absolute Gasteiger partial charge is 0.187 e. The first-order valence-electron chi connectivity index (χ1n) is 7.65. The van der Waals surface area contributed by atoms with Gasteiger partial charge in [-0.25, -0.2) is 0 Å². The van der Waals surface area contributed by atoms with Gasteiger partial charge in [0, 0.05) is 0 Å². The maximum Gasteiger partial charge on any atom is 0.187 e. The van der Waals surface area contributed by atoms with E-state index in [0.29, 0.717) is 12.8 Å². The van der Waals surface area contributed by atoms with Crippen LogP contribution in [0.25, 0.3) is 0 Å². The summed E-state index contributed by atoms with van der Waals surface area (Å²) in [4.78, 5) is 0. The highest BCUT2D eigenvalue weighted by Crippen LogP contribution is 2.22. The van der Waals surface area contributed by atoms with E-state index < -0.39 is 42.9 Å². The summed E-state index contributed by atoms with van der Waals surface area (Å²) < 4.78 is 10.7. The van der Waals surface area contributed by atoms with E-state index in [-0.39, 0.29) is 6.61 Å². The zero-order valence-electron chi connectivity index (χ0n) is 13.6. The standard InChI is InChI=1S/C16H28O7/c1-4-16(3,21)7-5-6-10(2)9-22-15-14(20)13(19)12(18)11(8-17)23-15/h4,6,11-15,17-21H,1,5,7-9H2,2-3H3/b10-6-/t11-,12-,13+,14-,15+,16-/m1/s1. The van der Waals surface area contributed by atoms with Crippen LogP contribution in [-0.2, 0) is 9.47 Å². The Morgan fingerprint density at radius 1 is 1.26 bits per heavy atom. The lowest BCUT2D eigenvalue weighted by Crippen LogP contribution is -2.59. The minimum absolute atomic E-state index is 0.152. The fraction of sp³-hybridized carbons (Fsp3) is 0.750. The lowest BCUT2D eigenvalue weighted by molar-refractivity contribution is -0.299. The molecule has 0 aromatic heterocycles. The molecule has 0 aliphatic carbocycles. The third-order valence-corrected chi connectivity index (χ3v) is 3.91. The van der Waals surface area contributed by atoms with Gasteiger partial charge in [0.1, 0.15) is 24.4 Å². The van der Waals surface area contributed by atoms with E-state index in [2.05, 4.69) is 6.58 Å². The summed E-state index contributed by atoms with van der Waals surface area (Å²) in [5.41, 5.74) is -0.0589. The van der Waals surface area contributed by atoms with Gasteiger partial charge in [0.15, 0.2) is 6.29 Å². The van der Waals surface area contributed by atoms with E-state index in [1.54, 1.807) is 6.92 Å². The van der Waals surface area contributed by atoms with Crippen LogP contribution < -0.4 is 0 Å². The predicted octanol–water partition coefficient (Wildman–Crippen LogP) is -0.534. The fourth-order valence-corrected chi connectivity index (χ4v) is 2.19. The highest BCUT2D eigenvalue weighted by molar-refractivity contribution is 5.01. The molecule has 1 heterocycles. The number of aliphatic hydroxyl groups is 5. The van der Waals surface area contributed by atoms with Gasteiger partial charge in [0.25, 0.3) is 0 Å². The van der Waals surface area contributed by atoms with Gasteiger partial charge in [0.2, 0.25) is 0 Å². The van der Waals surface area contributed by atoms with Crippen molar-refractivity contribution in [3.05, 3.63) is 24.3 Å². The molecule has 0 spiro atoms. The van der Waals surface area contributed by atoms with E-state index in [9.17, 15) is 20.4 Å². The summed E-state index contributed by atoms with van der Waals surface area (Å²) in [6.45, 7) is 6.72. The van der Waals surface area contributed by atoms with Gasteiger partial charge >= 0.3 is 0 Å². The molecule has 0 aromatic carbocycles. The molecule has 7 nitrogen and oxygen atoms in total. The summed E-state index contributed by atoms with van der Waals surface area (Å²) in [6, 6.07) is 0. The molecule has 0 aromatic rings. The highest BCUT2D eigenvalue weighted by atomic mass is 16.7. The Balaban J connectivity index is 2.48. The van der Waals surface area contributed by atoms with Gasteiger partial charge in [-0.05, 0) is 26.7 Å². The van der Waals surface area contributed by atoms with Crippen LogP contribution in [0.2, 0.25) is 0 Å². The van der Waals surface area contributed by atoms with Crippen molar-refractivity contribution < 1.29 is 35.0 Å². The molecular formula is C16H28O7. The topological polar surface area (TPSA) is 120 Å². The van der Waals surface area contributed by atoms with Crippen molar-refractivity contribution in [3.63, 3.8) is 0 Å². The van der Waals surface area contributed by atoms with Gasteiger partial charge in [0.05, 0.1) is 18.8 Å². The molecule has 0 radical (unpaired) electrons. The Hall–Kier alpha value is -0.800. The molecule has 1 aliphatic heterocycles. The Labute approximate surface area is 136 Å². The number of allylic oxidation sites excluding steroid dienone is 1. The Morgan fingerprint density at radius 3 is 2.48 bits per heavy atom. The lowest BCUT2D eigenvalue weighted by atomic mass is 9.99. The number of aliphatic hydroxyl groups excluding tert-OH is 4. The van der Waals surface area contributed by atoms with Gasteiger partial charge in [-0.2, -0.15) is 0 Å². The minimum Gasteiger partial charge on any atom is -0.394 e. The predicted molar refractivity (Wildman–Crippen MR) is 83.5 cm³/mol. The van der Waals surface area contributed by atoms with E-state index in [0.717, 1.165) is 5.57 Å². The molecule has 0 saturated carbocycles. The van der Waals surface area contributed by atoms with Crippen LogP contribution in [0.3, 0.4) is 0 Å². The maximum absolute atomic E-state index is 9.84. The number of hydrogen-bond acceptors (Lipinski definition) is 7. The first-order chi connectivity index (χ1) is 10.7. The Bertz CT molecular complexity index is 405. The van der Waals surface area contributed by atoms with Crippen LogP contribution in [-0.4, -0.2) is 75.1 Å². The second-order valence-electron chi connectivity index (χ2n) is 6.16. The normalized spacial score (nSPS) is 34.9. The first kappa shape index (κ1) is 20.2. The van der Waals surface area contributed by atoms with Crippen LogP contribution in [0.1, 0.15) is 26.7 Å². The summed E-state index contributed by atoms with van der Waals surface area (Å²) >= 11 is 0. The fourth-order valence-electron chi connectivity index (χ4n) is 2.19. The average Bonchev–Trinajstić information content (AvgIpc) is 2.52. The van der Waals surface area contributed by atoms with Crippen molar-refractivity contribution in [1.82, 2.24) is 0 Å². The van der Waals surface area contributed by atoms with E-state index >= 15 is 0 Å². The molecule has 6 atom stereocenters. The van der Waals surface area contributed by atoms with E-state index in [4.69, 9.17) is 14.6 Å². The van der Waals surface area contributed by atoms with Gasteiger partial charge in [-0.3, -0.25) is 0 Å². The second kappa shape index (κ2) is 8.89. The van der Waals surface area contributed by atoms with E-state index in [1.807, 2.05) is 13.0 Å². The van der Waals surface area contributed by atoms with Gasteiger partial charge in [-0.1, -0.05) is 17.7 Å². The van der Waals surface area contributed by atoms with Crippen LogP contribution >= 0.6 is 0 Å². The van der Waals surface area contributed by atoms with Crippen molar-refractivity contribution in [2.24, 2.45) is 0 Å². The van der Waals surface area contributed by atoms with Crippen molar-refractivity contribution >= 4 is 0 Å². The number of ether oxygens (including phenoxy) is 2. The number of rotatable bonds is 8. The van der Waals surface area contributed by atoms with Crippen molar-refractivity contribution in [1.29, 1.82) is 0 Å². The van der Waals surface area contributed by atoms with Crippen molar-refractivity contribution in [3.8, 4) is 0 Å². The summed E-state index contributed by atoms with van der Waals surface area (Å²) in [5.74, 6) is 0. The van der Waals surface area contributed by atoms with Crippen LogP contribution in [0.5, 0.6) is 0 Å². The average molecular weight is 332 g/mol. The molecule has 134 valence electrons. The van der Waals surface area contributed by atoms with Crippen molar-refractivity contribution in [2.75, 3.05) is 13.2 Å². The van der Waals surface area contributed by atoms with Crippen LogP contribution in [0, 0.1) is 0 Å². The van der Waals surface area contributed by atoms with Gasteiger partial charge in [-0.15, -0.1) is 6.58 Å². The molecule has 0 unspecified atom stereocenters. The van der Waals surface area contributed by atoms with Gasteiger partial charge < -0.3 is 35.0 Å². The molecular weight excluding hydrogens is 304 g/mol. The highest BCUT2D eigenvalue weighted by Gasteiger charge is 2.43. The molecule has 5 N–H and O–H groups in total. The van der Waals surface area contributed by atoms with Crippen molar-refractivity contribution in [2.45, 2.75) is 63.0 Å². The Morgan fingerprint density at radius 2 is 1.91 bits per heavy atom. The maximum atomic E-state index is 9.84. The van der Waals surface area contributed by atoms with E-state index in [1.165, 1.54) is 6.08 Å². The monoisotopic (exact) mass is 332 g/mol. The third kappa shape index (κ3) is 5.96. The molecule has 7 heteroatoms.